The fourth-order valence-corrected chi connectivity index (χ4v) is 3.12. The lowest BCUT2D eigenvalue weighted by molar-refractivity contribution is 0.229. The third kappa shape index (κ3) is 1.58. The summed E-state index contributed by atoms with van der Waals surface area (Å²) < 4.78 is 0. The van der Waals surface area contributed by atoms with Gasteiger partial charge in [-0.3, -0.25) is 4.90 Å². The molecule has 2 atom stereocenters. The van der Waals surface area contributed by atoms with Crippen LogP contribution in [-0.4, -0.2) is 42.7 Å². The molecule has 2 heterocycles. The third-order valence-electron chi connectivity index (χ3n) is 3.94. The highest BCUT2D eigenvalue weighted by Crippen LogP contribution is 2.35. The van der Waals surface area contributed by atoms with Gasteiger partial charge in [-0.1, -0.05) is 6.92 Å². The molecule has 0 aromatic heterocycles. The molecular weight excluding hydrogens is 174 g/mol. The number of nitrogens with one attached hydrogen (secondary N) is 1. The molecule has 0 saturated carbocycles. The lowest BCUT2D eigenvalue weighted by Gasteiger charge is -2.35. The Morgan fingerprint density at radius 1 is 1.50 bits per heavy atom. The Morgan fingerprint density at radius 2 is 2.36 bits per heavy atom. The maximum atomic E-state index is 5.98. The number of hydrogen-bond acceptors (Lipinski definition) is 3. The van der Waals surface area contributed by atoms with Gasteiger partial charge < -0.3 is 11.1 Å². The summed E-state index contributed by atoms with van der Waals surface area (Å²) in [6.07, 6.45) is 5.15. The van der Waals surface area contributed by atoms with E-state index in [2.05, 4.69) is 17.1 Å². The van der Waals surface area contributed by atoms with Gasteiger partial charge in [0.05, 0.1) is 0 Å². The second-order valence-electron chi connectivity index (χ2n) is 4.73. The summed E-state index contributed by atoms with van der Waals surface area (Å²) in [5.41, 5.74) is 6.22. The van der Waals surface area contributed by atoms with Gasteiger partial charge in [-0.15, -0.1) is 0 Å². The minimum atomic E-state index is 0.243. The van der Waals surface area contributed by atoms with Crippen molar-refractivity contribution in [1.82, 2.24) is 10.2 Å². The number of nitrogens with two attached hydrogens (primary N) is 1. The summed E-state index contributed by atoms with van der Waals surface area (Å²) in [5, 5.41) is 3.70. The standard InChI is InChI=1S/C11H23N3/c1-2-6-13-11(9-12)5-8-14-7-3-4-10(11)14/h10,13H,2-9,12H2,1H3. The monoisotopic (exact) mass is 197 g/mol. The Balaban J connectivity index is 2.03. The van der Waals surface area contributed by atoms with Gasteiger partial charge in [0, 0.05) is 24.7 Å². The highest BCUT2D eigenvalue weighted by molar-refractivity contribution is 5.08. The Morgan fingerprint density at radius 3 is 3.07 bits per heavy atom. The van der Waals surface area contributed by atoms with Gasteiger partial charge in [-0.05, 0) is 38.8 Å². The highest BCUT2D eigenvalue weighted by Gasteiger charge is 2.47. The molecule has 2 saturated heterocycles. The molecule has 2 rings (SSSR count). The van der Waals surface area contributed by atoms with Crippen LogP contribution in [0.4, 0.5) is 0 Å². The molecule has 0 amide bonds. The molecule has 2 aliphatic rings. The van der Waals surface area contributed by atoms with Crippen molar-refractivity contribution in [3.05, 3.63) is 0 Å². The normalized spacial score (nSPS) is 37.7. The summed E-state index contributed by atoms with van der Waals surface area (Å²) in [6.45, 7) is 6.67. The van der Waals surface area contributed by atoms with Crippen molar-refractivity contribution in [2.75, 3.05) is 26.2 Å². The smallest absolute Gasteiger partial charge is 0.0473 e. The van der Waals surface area contributed by atoms with Crippen molar-refractivity contribution >= 4 is 0 Å². The highest BCUT2D eigenvalue weighted by atomic mass is 15.3. The molecule has 3 heteroatoms. The number of rotatable bonds is 4. The van der Waals surface area contributed by atoms with E-state index in [1.807, 2.05) is 0 Å². The van der Waals surface area contributed by atoms with E-state index in [1.165, 1.54) is 38.8 Å². The first-order valence-electron chi connectivity index (χ1n) is 6.01. The summed E-state index contributed by atoms with van der Waals surface area (Å²) in [7, 11) is 0. The number of nitrogens with zero attached hydrogens (tertiary/aromatic N) is 1. The molecular formula is C11H23N3. The molecule has 0 aliphatic carbocycles. The van der Waals surface area contributed by atoms with Crippen molar-refractivity contribution in [2.24, 2.45) is 5.73 Å². The first kappa shape index (κ1) is 10.4. The number of fused-ring (bicyclic) bond motifs is 1. The van der Waals surface area contributed by atoms with Crippen LogP contribution in [0.25, 0.3) is 0 Å². The molecule has 82 valence electrons. The van der Waals surface area contributed by atoms with Crippen LogP contribution in [0.2, 0.25) is 0 Å². The average Bonchev–Trinajstić information content (AvgIpc) is 2.77. The molecule has 0 spiro atoms. The Bertz CT molecular complexity index is 195. The molecule has 2 unspecified atom stereocenters. The second kappa shape index (κ2) is 4.17. The van der Waals surface area contributed by atoms with Gasteiger partial charge in [0.2, 0.25) is 0 Å². The predicted molar refractivity (Wildman–Crippen MR) is 59.3 cm³/mol. The molecule has 2 aliphatic heterocycles. The van der Waals surface area contributed by atoms with Gasteiger partial charge in [0.25, 0.3) is 0 Å². The first-order valence-corrected chi connectivity index (χ1v) is 6.01. The van der Waals surface area contributed by atoms with Crippen molar-refractivity contribution in [1.29, 1.82) is 0 Å². The van der Waals surface area contributed by atoms with Gasteiger partial charge in [0.1, 0.15) is 0 Å². The van der Waals surface area contributed by atoms with Crippen molar-refractivity contribution in [3.63, 3.8) is 0 Å². The van der Waals surface area contributed by atoms with Crippen LogP contribution in [0.3, 0.4) is 0 Å². The van der Waals surface area contributed by atoms with E-state index >= 15 is 0 Å². The van der Waals surface area contributed by atoms with E-state index in [0.717, 1.165) is 19.1 Å². The lowest BCUT2D eigenvalue weighted by Crippen LogP contribution is -2.58. The zero-order valence-electron chi connectivity index (χ0n) is 9.26. The SMILES string of the molecule is CCCNC1(CN)CCN2CCCC21. The van der Waals surface area contributed by atoms with Crippen molar-refractivity contribution in [3.8, 4) is 0 Å². The fourth-order valence-electron chi connectivity index (χ4n) is 3.12. The van der Waals surface area contributed by atoms with Crippen LogP contribution in [0, 0.1) is 0 Å². The zero-order chi connectivity index (χ0) is 10.0. The van der Waals surface area contributed by atoms with E-state index in [1.54, 1.807) is 0 Å². The molecule has 2 fully saturated rings. The van der Waals surface area contributed by atoms with E-state index in [-0.39, 0.29) is 5.54 Å². The van der Waals surface area contributed by atoms with Crippen LogP contribution in [0.5, 0.6) is 0 Å². The maximum Gasteiger partial charge on any atom is 0.0473 e. The summed E-state index contributed by atoms with van der Waals surface area (Å²) in [5.74, 6) is 0. The molecule has 14 heavy (non-hydrogen) atoms. The van der Waals surface area contributed by atoms with E-state index in [9.17, 15) is 0 Å². The average molecular weight is 197 g/mol. The van der Waals surface area contributed by atoms with Crippen LogP contribution in [-0.2, 0) is 0 Å². The Labute approximate surface area is 87.0 Å². The van der Waals surface area contributed by atoms with E-state index in [0.29, 0.717) is 0 Å². The van der Waals surface area contributed by atoms with Crippen molar-refractivity contribution in [2.45, 2.75) is 44.2 Å². The van der Waals surface area contributed by atoms with Gasteiger partial charge in [0.15, 0.2) is 0 Å². The topological polar surface area (TPSA) is 41.3 Å². The van der Waals surface area contributed by atoms with Crippen LogP contribution < -0.4 is 11.1 Å². The summed E-state index contributed by atoms with van der Waals surface area (Å²) in [4.78, 5) is 2.62. The Hall–Kier alpha value is -0.120. The molecule has 3 N–H and O–H groups in total. The molecule has 0 aromatic rings. The lowest BCUT2D eigenvalue weighted by atomic mass is 9.88. The van der Waals surface area contributed by atoms with Crippen LogP contribution in [0.1, 0.15) is 32.6 Å². The zero-order valence-corrected chi connectivity index (χ0v) is 9.26. The first-order chi connectivity index (χ1) is 6.82. The minimum Gasteiger partial charge on any atom is -0.329 e. The molecule has 0 bridgehead atoms. The molecule has 0 aromatic carbocycles. The summed E-state index contributed by atoms with van der Waals surface area (Å²) >= 11 is 0. The Kier molecular flexibility index (Phi) is 3.10. The van der Waals surface area contributed by atoms with Crippen LogP contribution >= 0.6 is 0 Å². The largest absolute Gasteiger partial charge is 0.329 e. The van der Waals surface area contributed by atoms with E-state index in [4.69, 9.17) is 5.73 Å². The molecule has 3 nitrogen and oxygen atoms in total. The maximum absolute atomic E-state index is 5.98. The van der Waals surface area contributed by atoms with Gasteiger partial charge in [-0.25, -0.2) is 0 Å². The van der Waals surface area contributed by atoms with E-state index < -0.39 is 0 Å². The number of hydrogen-bond donors (Lipinski definition) is 2. The minimum absolute atomic E-state index is 0.243. The van der Waals surface area contributed by atoms with Crippen LogP contribution in [0.15, 0.2) is 0 Å². The quantitative estimate of drug-likeness (QED) is 0.691. The van der Waals surface area contributed by atoms with Gasteiger partial charge >= 0.3 is 0 Å². The fraction of sp³-hybridized carbons (Fsp3) is 1.00. The molecule has 0 radical (unpaired) electrons. The second-order valence-corrected chi connectivity index (χ2v) is 4.73. The van der Waals surface area contributed by atoms with Gasteiger partial charge in [-0.2, -0.15) is 0 Å². The van der Waals surface area contributed by atoms with Crippen molar-refractivity contribution < 1.29 is 0 Å². The predicted octanol–water partition coefficient (Wildman–Crippen LogP) is 0.552. The third-order valence-corrected chi connectivity index (χ3v) is 3.94. The summed E-state index contributed by atoms with van der Waals surface area (Å²) in [6, 6.07) is 0.721.